The summed E-state index contributed by atoms with van der Waals surface area (Å²) in [6.45, 7) is 10.0. The smallest absolute Gasteiger partial charge is 0.309 e. The normalized spacial score (nSPS) is 15.9. The van der Waals surface area contributed by atoms with E-state index in [1.165, 1.54) is 0 Å². The van der Waals surface area contributed by atoms with Gasteiger partial charge in [-0.1, -0.05) is 32.9 Å². The molecule has 3 aromatic heterocycles. The summed E-state index contributed by atoms with van der Waals surface area (Å²) in [4.78, 5) is 24.5. The number of carbonyl (C=O) groups excluding carboxylic acids is 1. The quantitative estimate of drug-likeness (QED) is 0.259. The lowest BCUT2D eigenvalue weighted by Gasteiger charge is -2.25. The molecule has 1 aliphatic rings. The van der Waals surface area contributed by atoms with Gasteiger partial charge in [0.1, 0.15) is 0 Å². The molecule has 0 saturated heterocycles. The number of aliphatic hydroxyl groups excluding tert-OH is 1. The number of carbonyl (C=O) groups is 1. The highest BCUT2D eigenvalue weighted by Gasteiger charge is 2.29. The van der Waals surface area contributed by atoms with Crippen molar-refractivity contribution in [2.45, 2.75) is 52.0 Å². The number of nitrogens with zero attached hydrogens (tertiary/aromatic N) is 6. The van der Waals surface area contributed by atoms with Gasteiger partial charge >= 0.3 is 11.8 Å². The number of amides is 1. The molecule has 12 nitrogen and oxygen atoms in total. The first kappa shape index (κ1) is 27.4. The predicted molar refractivity (Wildman–Crippen MR) is 149 cm³/mol. The Bertz CT molecular complexity index is 1470. The van der Waals surface area contributed by atoms with Crippen LogP contribution in [0.2, 0.25) is 0 Å². The molecule has 0 saturated carbocycles. The summed E-state index contributed by atoms with van der Waals surface area (Å²) in [6, 6.07) is 7.77. The van der Waals surface area contributed by atoms with Gasteiger partial charge in [-0.3, -0.25) is 9.89 Å². The second-order valence-electron chi connectivity index (χ2n) is 11.0. The molecule has 0 aliphatic carbocycles. The standard InChI is InChI=1S/C28H35N9O3/c1-17-22(15-30-34-17)33-27-29-10-8-21(32-27)19-6-7-20-18(14-19)9-12-37(11-5-13-38)16-23(20)31-24(39)25-35-36-26(40-25)28(2,3)4/h6-8,10,14-15,23,38H,5,9,11-13,16H2,1-4H3,(H,30,34)(H,31,39)(H,29,32,33)/t23-/m0/s1. The first-order valence-electron chi connectivity index (χ1n) is 13.4. The summed E-state index contributed by atoms with van der Waals surface area (Å²) in [5, 5.41) is 30.7. The number of H-pyrrole nitrogens is 1. The summed E-state index contributed by atoms with van der Waals surface area (Å²) in [6.07, 6.45) is 4.87. The minimum Gasteiger partial charge on any atom is -0.416 e. The lowest BCUT2D eigenvalue weighted by Crippen LogP contribution is -2.38. The molecule has 4 aromatic rings. The van der Waals surface area contributed by atoms with Crippen LogP contribution in [0.4, 0.5) is 11.6 Å². The molecule has 0 bridgehead atoms. The van der Waals surface area contributed by atoms with Crippen molar-refractivity contribution < 1.29 is 14.3 Å². The monoisotopic (exact) mass is 545 g/mol. The number of nitrogens with one attached hydrogen (secondary N) is 3. The van der Waals surface area contributed by atoms with Gasteiger partial charge in [0.2, 0.25) is 11.8 Å². The van der Waals surface area contributed by atoms with Crippen LogP contribution >= 0.6 is 0 Å². The van der Waals surface area contributed by atoms with Crippen LogP contribution in [0.5, 0.6) is 0 Å². The zero-order valence-corrected chi connectivity index (χ0v) is 23.2. The molecular weight excluding hydrogens is 510 g/mol. The molecule has 0 unspecified atom stereocenters. The molecule has 0 radical (unpaired) electrons. The zero-order valence-electron chi connectivity index (χ0n) is 23.2. The van der Waals surface area contributed by atoms with E-state index in [1.807, 2.05) is 39.8 Å². The van der Waals surface area contributed by atoms with E-state index in [0.717, 1.165) is 53.3 Å². The van der Waals surface area contributed by atoms with Crippen molar-refractivity contribution in [2.75, 3.05) is 31.6 Å². The Balaban J connectivity index is 1.41. The predicted octanol–water partition coefficient (Wildman–Crippen LogP) is 3.31. The molecule has 1 aromatic carbocycles. The molecule has 4 heterocycles. The molecule has 1 amide bonds. The van der Waals surface area contributed by atoms with Crippen LogP contribution in [-0.4, -0.2) is 72.5 Å². The third kappa shape index (κ3) is 6.18. The van der Waals surface area contributed by atoms with Gasteiger partial charge in [0.25, 0.3) is 0 Å². The van der Waals surface area contributed by atoms with Crippen molar-refractivity contribution in [1.29, 1.82) is 0 Å². The Morgan fingerprint density at radius 2 is 2.10 bits per heavy atom. The van der Waals surface area contributed by atoms with E-state index in [-0.39, 0.29) is 24.0 Å². The number of aromatic nitrogens is 6. The van der Waals surface area contributed by atoms with Crippen molar-refractivity contribution >= 4 is 17.5 Å². The Morgan fingerprint density at radius 3 is 2.83 bits per heavy atom. The molecule has 0 spiro atoms. The van der Waals surface area contributed by atoms with E-state index in [2.05, 4.69) is 53.0 Å². The Labute approximate surface area is 232 Å². The van der Waals surface area contributed by atoms with Gasteiger partial charge in [-0.2, -0.15) is 5.10 Å². The topological polar surface area (TPSA) is 158 Å². The number of rotatable bonds is 8. The third-order valence-corrected chi connectivity index (χ3v) is 6.88. The molecule has 210 valence electrons. The van der Waals surface area contributed by atoms with Crippen LogP contribution < -0.4 is 10.6 Å². The Kier molecular flexibility index (Phi) is 7.90. The van der Waals surface area contributed by atoms with Crippen molar-refractivity contribution in [3.05, 3.63) is 65.3 Å². The molecule has 40 heavy (non-hydrogen) atoms. The highest BCUT2D eigenvalue weighted by Crippen LogP contribution is 2.30. The second-order valence-corrected chi connectivity index (χ2v) is 11.0. The number of hydrogen-bond donors (Lipinski definition) is 4. The van der Waals surface area contributed by atoms with Crippen LogP contribution in [0.25, 0.3) is 11.3 Å². The average Bonchev–Trinajstić information content (AvgIpc) is 3.56. The highest BCUT2D eigenvalue weighted by molar-refractivity contribution is 5.89. The second kappa shape index (κ2) is 11.5. The van der Waals surface area contributed by atoms with Gasteiger partial charge in [-0.25, -0.2) is 9.97 Å². The molecule has 4 N–H and O–H groups in total. The number of aliphatic hydroxyl groups is 1. The van der Waals surface area contributed by atoms with E-state index in [1.54, 1.807) is 12.4 Å². The first-order valence-corrected chi connectivity index (χ1v) is 13.4. The number of aryl methyl sites for hydroxylation is 1. The Hall–Kier alpha value is -4.16. The van der Waals surface area contributed by atoms with Gasteiger partial charge in [-0.15, -0.1) is 10.2 Å². The summed E-state index contributed by atoms with van der Waals surface area (Å²) in [5.41, 5.74) is 5.24. The van der Waals surface area contributed by atoms with E-state index >= 15 is 0 Å². The number of anilines is 2. The number of hydrogen-bond acceptors (Lipinski definition) is 10. The molecule has 1 atom stereocenters. The average molecular weight is 546 g/mol. The van der Waals surface area contributed by atoms with Crippen LogP contribution in [-0.2, 0) is 11.8 Å². The molecule has 12 heteroatoms. The summed E-state index contributed by atoms with van der Waals surface area (Å²) in [7, 11) is 0. The maximum Gasteiger partial charge on any atom is 0.309 e. The number of aromatic amines is 1. The van der Waals surface area contributed by atoms with Crippen molar-refractivity contribution in [2.24, 2.45) is 0 Å². The fourth-order valence-electron chi connectivity index (χ4n) is 4.68. The largest absolute Gasteiger partial charge is 0.416 e. The van der Waals surface area contributed by atoms with Gasteiger partial charge in [0.05, 0.1) is 29.3 Å². The number of fused-ring (bicyclic) bond motifs is 1. The van der Waals surface area contributed by atoms with Crippen LogP contribution in [0.3, 0.4) is 0 Å². The zero-order chi connectivity index (χ0) is 28.3. The maximum absolute atomic E-state index is 13.2. The molecule has 5 rings (SSSR count). The lowest BCUT2D eigenvalue weighted by molar-refractivity contribution is 0.0886. The molecular formula is C28H35N9O3. The van der Waals surface area contributed by atoms with Crippen LogP contribution in [0, 0.1) is 6.92 Å². The van der Waals surface area contributed by atoms with Gasteiger partial charge in [0, 0.05) is 43.4 Å². The van der Waals surface area contributed by atoms with E-state index in [0.29, 0.717) is 24.8 Å². The fourth-order valence-corrected chi connectivity index (χ4v) is 4.68. The van der Waals surface area contributed by atoms with Crippen LogP contribution in [0.1, 0.15) is 66.6 Å². The lowest BCUT2D eigenvalue weighted by atomic mass is 9.96. The third-order valence-electron chi connectivity index (χ3n) is 6.88. The number of benzene rings is 1. The highest BCUT2D eigenvalue weighted by atomic mass is 16.4. The van der Waals surface area contributed by atoms with E-state index in [9.17, 15) is 9.90 Å². The van der Waals surface area contributed by atoms with Crippen molar-refractivity contribution in [3.63, 3.8) is 0 Å². The van der Waals surface area contributed by atoms with E-state index < -0.39 is 5.91 Å². The maximum atomic E-state index is 13.2. The minimum absolute atomic E-state index is 0.0527. The molecule has 1 aliphatic heterocycles. The van der Waals surface area contributed by atoms with Gasteiger partial charge in [0.15, 0.2) is 0 Å². The van der Waals surface area contributed by atoms with Crippen molar-refractivity contribution in [1.82, 2.24) is 40.6 Å². The minimum atomic E-state index is -0.409. The van der Waals surface area contributed by atoms with Crippen LogP contribution in [0.15, 0.2) is 41.1 Å². The van der Waals surface area contributed by atoms with Crippen molar-refractivity contribution in [3.8, 4) is 11.3 Å². The van der Waals surface area contributed by atoms with Gasteiger partial charge < -0.3 is 25.1 Å². The SMILES string of the molecule is Cc1[nH]ncc1Nc1nccc(-c2ccc3c(c2)CCN(CCCO)C[C@@H]3NC(=O)c2nnc(C(C)(C)C)o2)n1. The van der Waals surface area contributed by atoms with Gasteiger partial charge in [-0.05, 0) is 43.0 Å². The summed E-state index contributed by atoms with van der Waals surface area (Å²) >= 11 is 0. The summed E-state index contributed by atoms with van der Waals surface area (Å²) < 4.78 is 5.69. The fraction of sp³-hybridized carbons (Fsp3) is 0.429. The first-order chi connectivity index (χ1) is 19.2. The van der Waals surface area contributed by atoms with E-state index in [4.69, 9.17) is 9.40 Å². The Morgan fingerprint density at radius 1 is 1.25 bits per heavy atom. The molecule has 0 fully saturated rings. The summed E-state index contributed by atoms with van der Waals surface area (Å²) in [5.74, 6) is 0.428.